The lowest BCUT2D eigenvalue weighted by atomic mass is 10.0. The van der Waals surface area contributed by atoms with Gasteiger partial charge in [-0.15, -0.1) is 0 Å². The number of rotatable bonds is 1. The van der Waals surface area contributed by atoms with Gasteiger partial charge in [0.05, 0.1) is 5.52 Å². The van der Waals surface area contributed by atoms with Crippen LogP contribution < -0.4 is 0 Å². The summed E-state index contributed by atoms with van der Waals surface area (Å²) in [6, 6.07) is 12.6. The van der Waals surface area contributed by atoms with Crippen molar-refractivity contribution in [2.75, 3.05) is 0 Å². The molecule has 2 heteroatoms. The number of hydrogen-bond acceptors (Lipinski definition) is 2. The molecule has 3 rings (SSSR count). The van der Waals surface area contributed by atoms with E-state index in [4.69, 9.17) is 4.98 Å². The Kier molecular flexibility index (Phi) is 2.51. The van der Waals surface area contributed by atoms with Crippen molar-refractivity contribution in [1.82, 2.24) is 9.97 Å². The summed E-state index contributed by atoms with van der Waals surface area (Å²) in [4.78, 5) is 9.35. The SMILES string of the molecule is Cc1nc(C(C)C)nc2c1ccc1ccccc12. The van der Waals surface area contributed by atoms with Gasteiger partial charge in [-0.3, -0.25) is 0 Å². The van der Waals surface area contributed by atoms with Crippen LogP contribution >= 0.6 is 0 Å². The summed E-state index contributed by atoms with van der Waals surface area (Å²) >= 11 is 0. The zero-order valence-electron chi connectivity index (χ0n) is 10.9. The minimum Gasteiger partial charge on any atom is -0.237 e. The van der Waals surface area contributed by atoms with Crippen molar-refractivity contribution < 1.29 is 0 Å². The monoisotopic (exact) mass is 236 g/mol. The van der Waals surface area contributed by atoms with Crippen molar-refractivity contribution in [1.29, 1.82) is 0 Å². The van der Waals surface area contributed by atoms with Gasteiger partial charge in [0.25, 0.3) is 0 Å². The third kappa shape index (κ3) is 1.65. The van der Waals surface area contributed by atoms with Crippen LogP contribution in [0.15, 0.2) is 36.4 Å². The molecule has 0 atom stereocenters. The third-order valence-electron chi connectivity index (χ3n) is 3.32. The molecule has 90 valence electrons. The Balaban J connectivity index is 2.48. The molecule has 0 fully saturated rings. The van der Waals surface area contributed by atoms with Gasteiger partial charge < -0.3 is 0 Å². The van der Waals surface area contributed by atoms with Crippen LogP contribution in [0, 0.1) is 6.92 Å². The highest BCUT2D eigenvalue weighted by Crippen LogP contribution is 2.26. The fourth-order valence-electron chi connectivity index (χ4n) is 2.30. The quantitative estimate of drug-likeness (QED) is 0.591. The van der Waals surface area contributed by atoms with E-state index in [0.29, 0.717) is 5.92 Å². The maximum Gasteiger partial charge on any atom is 0.131 e. The third-order valence-corrected chi connectivity index (χ3v) is 3.32. The Morgan fingerprint density at radius 3 is 2.44 bits per heavy atom. The van der Waals surface area contributed by atoms with Gasteiger partial charge in [0.15, 0.2) is 0 Å². The van der Waals surface area contributed by atoms with Crippen molar-refractivity contribution in [3.8, 4) is 0 Å². The maximum absolute atomic E-state index is 4.75. The van der Waals surface area contributed by atoms with Gasteiger partial charge >= 0.3 is 0 Å². The molecular weight excluding hydrogens is 220 g/mol. The zero-order chi connectivity index (χ0) is 12.7. The Labute approximate surface area is 107 Å². The van der Waals surface area contributed by atoms with Crippen LogP contribution in [0.5, 0.6) is 0 Å². The molecule has 1 heterocycles. The van der Waals surface area contributed by atoms with Gasteiger partial charge in [-0.25, -0.2) is 9.97 Å². The number of hydrogen-bond donors (Lipinski definition) is 0. The summed E-state index contributed by atoms with van der Waals surface area (Å²) in [6.45, 7) is 6.32. The summed E-state index contributed by atoms with van der Waals surface area (Å²) in [6.07, 6.45) is 0. The largest absolute Gasteiger partial charge is 0.237 e. The topological polar surface area (TPSA) is 25.8 Å². The van der Waals surface area contributed by atoms with Crippen LogP contribution in [0.25, 0.3) is 21.7 Å². The van der Waals surface area contributed by atoms with Gasteiger partial charge in [-0.2, -0.15) is 0 Å². The van der Waals surface area contributed by atoms with Crippen molar-refractivity contribution in [3.05, 3.63) is 47.9 Å². The summed E-state index contributed by atoms with van der Waals surface area (Å²) in [5, 5.41) is 3.60. The van der Waals surface area contributed by atoms with Gasteiger partial charge in [0, 0.05) is 22.4 Å². The van der Waals surface area contributed by atoms with Gasteiger partial charge in [0.2, 0.25) is 0 Å². The normalized spacial score (nSPS) is 11.6. The first-order valence-corrected chi connectivity index (χ1v) is 6.33. The fraction of sp³-hybridized carbons (Fsp3) is 0.250. The first kappa shape index (κ1) is 11.1. The highest BCUT2D eigenvalue weighted by atomic mass is 14.9. The smallest absolute Gasteiger partial charge is 0.131 e. The van der Waals surface area contributed by atoms with Crippen molar-refractivity contribution in [2.24, 2.45) is 0 Å². The Bertz CT molecular complexity index is 730. The second-order valence-corrected chi connectivity index (χ2v) is 5.00. The number of aromatic nitrogens is 2. The van der Waals surface area contributed by atoms with E-state index in [9.17, 15) is 0 Å². The van der Waals surface area contributed by atoms with Crippen molar-refractivity contribution in [2.45, 2.75) is 26.7 Å². The van der Waals surface area contributed by atoms with E-state index in [1.54, 1.807) is 0 Å². The molecule has 0 saturated carbocycles. The lowest BCUT2D eigenvalue weighted by molar-refractivity contribution is 0.777. The van der Waals surface area contributed by atoms with E-state index in [1.807, 2.05) is 0 Å². The van der Waals surface area contributed by atoms with Crippen LogP contribution in [0.1, 0.15) is 31.3 Å². The summed E-state index contributed by atoms with van der Waals surface area (Å²) in [5.74, 6) is 1.28. The number of benzene rings is 2. The molecule has 0 N–H and O–H groups in total. The van der Waals surface area contributed by atoms with E-state index in [-0.39, 0.29) is 0 Å². The predicted molar refractivity (Wildman–Crippen MR) is 75.9 cm³/mol. The Morgan fingerprint density at radius 1 is 0.889 bits per heavy atom. The van der Waals surface area contributed by atoms with E-state index in [1.165, 1.54) is 10.8 Å². The molecule has 3 aromatic rings. The lowest BCUT2D eigenvalue weighted by Crippen LogP contribution is -2.00. The van der Waals surface area contributed by atoms with Crippen molar-refractivity contribution >= 4 is 21.7 Å². The highest BCUT2D eigenvalue weighted by Gasteiger charge is 2.09. The first-order valence-electron chi connectivity index (χ1n) is 6.33. The number of aryl methyl sites for hydroxylation is 1. The molecule has 0 amide bonds. The van der Waals surface area contributed by atoms with Crippen LogP contribution in [0.3, 0.4) is 0 Å². The minimum absolute atomic E-state index is 0.354. The average Bonchev–Trinajstić information content (AvgIpc) is 2.38. The predicted octanol–water partition coefficient (Wildman–Crippen LogP) is 4.21. The summed E-state index contributed by atoms with van der Waals surface area (Å²) < 4.78 is 0. The standard InChI is InChI=1S/C16H16N2/c1-10(2)16-17-11(3)13-9-8-12-6-4-5-7-14(12)15(13)18-16/h4-10H,1-3H3. The molecule has 0 bridgehead atoms. The summed E-state index contributed by atoms with van der Waals surface area (Å²) in [5.41, 5.74) is 2.14. The Hall–Kier alpha value is -1.96. The molecule has 2 nitrogen and oxygen atoms in total. The highest BCUT2D eigenvalue weighted by molar-refractivity contribution is 6.05. The Morgan fingerprint density at radius 2 is 1.67 bits per heavy atom. The molecule has 18 heavy (non-hydrogen) atoms. The van der Waals surface area contributed by atoms with E-state index in [2.05, 4.69) is 62.2 Å². The van der Waals surface area contributed by atoms with Gasteiger partial charge in [0.1, 0.15) is 5.82 Å². The molecule has 0 spiro atoms. The van der Waals surface area contributed by atoms with Gasteiger partial charge in [-0.1, -0.05) is 50.2 Å². The maximum atomic E-state index is 4.75. The van der Waals surface area contributed by atoms with E-state index in [0.717, 1.165) is 22.4 Å². The van der Waals surface area contributed by atoms with Crippen molar-refractivity contribution in [3.63, 3.8) is 0 Å². The minimum atomic E-state index is 0.354. The average molecular weight is 236 g/mol. The molecule has 0 aliphatic rings. The molecule has 0 radical (unpaired) electrons. The number of fused-ring (bicyclic) bond motifs is 3. The molecule has 0 aliphatic carbocycles. The molecule has 0 aliphatic heterocycles. The van der Waals surface area contributed by atoms with Gasteiger partial charge in [-0.05, 0) is 12.3 Å². The first-order chi connectivity index (χ1) is 8.66. The molecule has 0 unspecified atom stereocenters. The van der Waals surface area contributed by atoms with Crippen LogP contribution in [-0.2, 0) is 0 Å². The van der Waals surface area contributed by atoms with Crippen LogP contribution in [0.4, 0.5) is 0 Å². The second kappa shape index (κ2) is 4.05. The molecule has 1 aromatic heterocycles. The lowest BCUT2D eigenvalue weighted by Gasteiger charge is -2.10. The molecule has 0 saturated heterocycles. The molecular formula is C16H16N2. The fourth-order valence-corrected chi connectivity index (χ4v) is 2.30. The number of nitrogens with zero attached hydrogens (tertiary/aromatic N) is 2. The van der Waals surface area contributed by atoms with Crippen LogP contribution in [-0.4, -0.2) is 9.97 Å². The second-order valence-electron chi connectivity index (χ2n) is 5.00. The summed E-state index contributed by atoms with van der Waals surface area (Å²) in [7, 11) is 0. The molecule has 2 aromatic carbocycles. The van der Waals surface area contributed by atoms with Crippen LogP contribution in [0.2, 0.25) is 0 Å². The van der Waals surface area contributed by atoms with E-state index < -0.39 is 0 Å². The zero-order valence-corrected chi connectivity index (χ0v) is 10.9. The van der Waals surface area contributed by atoms with E-state index >= 15 is 0 Å².